The van der Waals surface area contributed by atoms with E-state index in [1.807, 2.05) is 0 Å². The predicted molar refractivity (Wildman–Crippen MR) is 110 cm³/mol. The lowest BCUT2D eigenvalue weighted by Crippen LogP contribution is -2.15. The first kappa shape index (κ1) is 21.0. The van der Waals surface area contributed by atoms with Crippen molar-refractivity contribution in [3.05, 3.63) is 84.1 Å². The first-order valence-corrected chi connectivity index (χ1v) is 9.65. The highest BCUT2D eigenvalue weighted by Gasteiger charge is 2.42. The van der Waals surface area contributed by atoms with Crippen LogP contribution in [0.15, 0.2) is 77.4 Å². The molecule has 5 rings (SSSR count). The third-order valence-corrected chi connectivity index (χ3v) is 5.31. The van der Waals surface area contributed by atoms with E-state index in [0.29, 0.717) is 22.9 Å². The fraction of sp³-hybridized carbons (Fsp3) is 0.0833. The maximum atomic E-state index is 13.8. The third kappa shape index (κ3) is 3.59. The molecule has 0 atom stereocenters. The van der Waals surface area contributed by atoms with Crippen LogP contribution in [0.5, 0.6) is 0 Å². The molecule has 0 amide bonds. The van der Waals surface area contributed by atoms with Gasteiger partial charge in [-0.2, -0.15) is 26.3 Å². The summed E-state index contributed by atoms with van der Waals surface area (Å²) in [4.78, 5) is 0. The van der Waals surface area contributed by atoms with E-state index < -0.39 is 34.7 Å². The Morgan fingerprint density at radius 1 is 0.606 bits per heavy atom. The highest BCUT2D eigenvalue weighted by atomic mass is 19.4. The Balaban J connectivity index is 1.95. The molecule has 3 nitrogen and oxygen atoms in total. The summed E-state index contributed by atoms with van der Waals surface area (Å²) in [6, 6.07) is 15.3. The molecule has 3 aromatic carbocycles. The van der Waals surface area contributed by atoms with Gasteiger partial charge in [0.25, 0.3) is 0 Å². The second kappa shape index (κ2) is 7.33. The molecule has 166 valence electrons. The average Bonchev–Trinajstić information content (AvgIpc) is 3.30. The van der Waals surface area contributed by atoms with Gasteiger partial charge in [0.05, 0.1) is 17.4 Å². The van der Waals surface area contributed by atoms with Crippen molar-refractivity contribution in [2.75, 3.05) is 0 Å². The molecule has 5 aromatic rings. The molecule has 33 heavy (non-hydrogen) atoms. The Hall–Kier alpha value is -3.88. The fourth-order valence-electron chi connectivity index (χ4n) is 3.90. The Bertz CT molecular complexity index is 1460. The smallest absolute Gasteiger partial charge is 0.417 e. The number of benzene rings is 3. The molecule has 9 heteroatoms. The lowest BCUT2D eigenvalue weighted by atomic mass is 9.92. The molecule has 2 heterocycles. The van der Waals surface area contributed by atoms with Gasteiger partial charge in [0.15, 0.2) is 5.76 Å². The SMILES string of the molecule is FC(F)(F)c1cccc(C(F)(F)F)c1-c1nnc(-c2ccco2)c2cc3ccccc3cc12. The average molecular weight is 458 g/mol. The minimum atomic E-state index is -5.04. The van der Waals surface area contributed by atoms with Gasteiger partial charge in [-0.05, 0) is 47.2 Å². The van der Waals surface area contributed by atoms with Gasteiger partial charge in [-0.3, -0.25) is 0 Å². The molecule has 0 spiro atoms. The molecule has 2 aromatic heterocycles. The number of alkyl halides is 6. The van der Waals surface area contributed by atoms with Crippen LogP contribution in [0.3, 0.4) is 0 Å². The van der Waals surface area contributed by atoms with Crippen LogP contribution >= 0.6 is 0 Å². The number of fused-ring (bicyclic) bond motifs is 2. The van der Waals surface area contributed by atoms with Gasteiger partial charge < -0.3 is 4.42 Å². The van der Waals surface area contributed by atoms with Crippen molar-refractivity contribution in [3.63, 3.8) is 0 Å². The molecule has 0 aliphatic rings. The number of hydrogen-bond donors (Lipinski definition) is 0. The minimum absolute atomic E-state index is 0.0947. The number of furan rings is 1. The van der Waals surface area contributed by atoms with Crippen molar-refractivity contribution < 1.29 is 30.8 Å². The second-order valence-corrected chi connectivity index (χ2v) is 7.34. The number of hydrogen-bond acceptors (Lipinski definition) is 3. The summed E-state index contributed by atoms with van der Waals surface area (Å²) in [5.74, 6) is 0.287. The van der Waals surface area contributed by atoms with Gasteiger partial charge in [0.2, 0.25) is 0 Å². The van der Waals surface area contributed by atoms with Crippen LogP contribution in [0.1, 0.15) is 11.1 Å². The van der Waals surface area contributed by atoms with Crippen LogP contribution in [-0.2, 0) is 12.4 Å². The molecular weight excluding hydrogens is 446 g/mol. The normalized spacial score (nSPS) is 12.5. The molecule has 0 aliphatic carbocycles. The van der Waals surface area contributed by atoms with E-state index in [4.69, 9.17) is 4.42 Å². The van der Waals surface area contributed by atoms with Crippen LogP contribution in [0.4, 0.5) is 26.3 Å². The Morgan fingerprint density at radius 3 is 1.67 bits per heavy atom. The maximum Gasteiger partial charge on any atom is 0.417 e. The molecule has 0 aliphatic heterocycles. The van der Waals surface area contributed by atoms with Crippen molar-refractivity contribution >= 4 is 21.5 Å². The maximum absolute atomic E-state index is 13.8. The van der Waals surface area contributed by atoms with Crippen molar-refractivity contribution in [1.29, 1.82) is 0 Å². The quantitative estimate of drug-likeness (QED) is 0.201. The van der Waals surface area contributed by atoms with Gasteiger partial charge in [0.1, 0.15) is 11.4 Å². The third-order valence-electron chi connectivity index (χ3n) is 5.31. The van der Waals surface area contributed by atoms with Crippen LogP contribution in [-0.4, -0.2) is 10.2 Å². The molecule has 0 fully saturated rings. The van der Waals surface area contributed by atoms with E-state index in [1.165, 1.54) is 12.3 Å². The Labute approximate surface area is 182 Å². The summed E-state index contributed by atoms with van der Waals surface area (Å²) in [5.41, 5.74) is -4.23. The van der Waals surface area contributed by atoms with Crippen molar-refractivity contribution in [2.24, 2.45) is 0 Å². The summed E-state index contributed by atoms with van der Waals surface area (Å²) in [5, 5.41) is 9.65. The molecule has 0 bridgehead atoms. The zero-order valence-electron chi connectivity index (χ0n) is 16.5. The molecule has 0 unspecified atom stereocenters. The largest absolute Gasteiger partial charge is 0.463 e. The van der Waals surface area contributed by atoms with Gasteiger partial charge in [0, 0.05) is 16.3 Å². The molecule has 0 N–H and O–H groups in total. The van der Waals surface area contributed by atoms with Crippen molar-refractivity contribution in [2.45, 2.75) is 12.4 Å². The van der Waals surface area contributed by atoms with E-state index in [1.54, 1.807) is 42.5 Å². The number of nitrogens with zero attached hydrogens (tertiary/aromatic N) is 2. The molecule has 0 radical (unpaired) electrons. The second-order valence-electron chi connectivity index (χ2n) is 7.34. The lowest BCUT2D eigenvalue weighted by Gasteiger charge is -2.19. The van der Waals surface area contributed by atoms with Crippen LogP contribution in [0.25, 0.3) is 44.3 Å². The topological polar surface area (TPSA) is 38.9 Å². The molecular formula is C24H12F6N2O. The number of rotatable bonds is 2. The monoisotopic (exact) mass is 458 g/mol. The van der Waals surface area contributed by atoms with Crippen molar-refractivity contribution in [1.82, 2.24) is 10.2 Å². The summed E-state index contributed by atoms with van der Waals surface area (Å²) < 4.78 is 88.3. The summed E-state index contributed by atoms with van der Waals surface area (Å²) in [7, 11) is 0. The highest BCUT2D eigenvalue weighted by Crippen LogP contribution is 2.46. The molecule has 0 saturated heterocycles. The predicted octanol–water partition coefficient (Wildman–Crippen LogP) is 7.75. The van der Waals surface area contributed by atoms with Gasteiger partial charge in [-0.15, -0.1) is 10.2 Å². The summed E-state index contributed by atoms with van der Waals surface area (Å²) in [6.45, 7) is 0. The van der Waals surface area contributed by atoms with Gasteiger partial charge in [-0.1, -0.05) is 30.3 Å². The van der Waals surface area contributed by atoms with Crippen LogP contribution in [0, 0.1) is 0 Å². The molecule has 0 saturated carbocycles. The van der Waals surface area contributed by atoms with Crippen LogP contribution in [0.2, 0.25) is 0 Å². The first-order valence-electron chi connectivity index (χ1n) is 9.65. The van der Waals surface area contributed by atoms with E-state index >= 15 is 0 Å². The van der Waals surface area contributed by atoms with E-state index in [9.17, 15) is 26.3 Å². The van der Waals surface area contributed by atoms with E-state index in [2.05, 4.69) is 10.2 Å². The Morgan fingerprint density at radius 2 is 1.15 bits per heavy atom. The summed E-state index contributed by atoms with van der Waals surface area (Å²) >= 11 is 0. The number of halogens is 6. The fourth-order valence-corrected chi connectivity index (χ4v) is 3.90. The minimum Gasteiger partial charge on any atom is -0.463 e. The Kier molecular flexibility index (Phi) is 4.66. The highest BCUT2D eigenvalue weighted by molar-refractivity contribution is 6.08. The van der Waals surface area contributed by atoms with Crippen LogP contribution < -0.4 is 0 Å². The zero-order valence-corrected chi connectivity index (χ0v) is 16.5. The van der Waals surface area contributed by atoms with Gasteiger partial charge in [-0.25, -0.2) is 0 Å². The standard InChI is InChI=1S/C24H12F6N2O/c25-23(26,27)17-7-3-8-18(24(28,29)30)20(17)22-16-12-14-6-2-1-5-13(14)11-15(16)21(31-32-22)19-9-4-10-33-19/h1-12H. The van der Waals surface area contributed by atoms with Crippen molar-refractivity contribution in [3.8, 4) is 22.7 Å². The zero-order chi connectivity index (χ0) is 23.4. The first-order chi connectivity index (χ1) is 15.6. The lowest BCUT2D eigenvalue weighted by molar-refractivity contribution is -0.142. The summed E-state index contributed by atoms with van der Waals surface area (Å²) in [6.07, 6.45) is -8.69. The van der Waals surface area contributed by atoms with E-state index in [-0.39, 0.29) is 16.8 Å². The van der Waals surface area contributed by atoms with E-state index in [0.717, 1.165) is 11.5 Å². The van der Waals surface area contributed by atoms with Gasteiger partial charge >= 0.3 is 12.4 Å². The number of aromatic nitrogens is 2.